The third kappa shape index (κ3) is 2.86. The van der Waals surface area contributed by atoms with E-state index in [4.69, 9.17) is 18.0 Å². The second-order valence-corrected chi connectivity index (χ2v) is 6.22. The normalized spacial score (nSPS) is 18.4. The summed E-state index contributed by atoms with van der Waals surface area (Å²) in [6, 6.07) is 3.01. The maximum absolute atomic E-state index is 14.1. The quantitative estimate of drug-likeness (QED) is 0.846. The molecule has 1 fully saturated rings. The van der Waals surface area contributed by atoms with Crippen LogP contribution in [-0.2, 0) is 0 Å². The molecule has 0 atom stereocenters. The molecule has 1 saturated heterocycles. The smallest absolute Gasteiger partial charge is 0.182 e. The molecule has 2 N–H and O–H groups in total. The first-order valence-corrected chi connectivity index (χ1v) is 6.75. The van der Waals surface area contributed by atoms with Crippen molar-refractivity contribution < 1.29 is 8.78 Å². The molecule has 5 heteroatoms. The number of piperidine rings is 1. The van der Waals surface area contributed by atoms with Gasteiger partial charge >= 0.3 is 0 Å². The Morgan fingerprint density at radius 1 is 1.21 bits per heavy atom. The summed E-state index contributed by atoms with van der Waals surface area (Å²) in [5.74, 6) is -1.81. The average molecular weight is 284 g/mol. The number of rotatable bonds is 2. The van der Waals surface area contributed by atoms with Gasteiger partial charge in [0.05, 0.1) is 5.69 Å². The van der Waals surface area contributed by atoms with E-state index >= 15 is 0 Å². The van der Waals surface area contributed by atoms with Crippen molar-refractivity contribution >= 4 is 22.9 Å². The van der Waals surface area contributed by atoms with Crippen LogP contribution in [0, 0.1) is 17.0 Å². The fourth-order valence-electron chi connectivity index (χ4n) is 2.33. The molecule has 0 radical (unpaired) electrons. The van der Waals surface area contributed by atoms with Gasteiger partial charge in [0, 0.05) is 18.7 Å². The average Bonchev–Trinajstić information content (AvgIpc) is 2.33. The number of halogens is 2. The molecule has 1 aromatic carbocycles. The van der Waals surface area contributed by atoms with Crippen molar-refractivity contribution in [2.24, 2.45) is 11.1 Å². The van der Waals surface area contributed by atoms with Crippen LogP contribution in [0.3, 0.4) is 0 Å². The summed E-state index contributed by atoms with van der Waals surface area (Å²) in [5.41, 5.74) is 5.89. The Hall–Kier alpha value is -1.23. The zero-order valence-electron chi connectivity index (χ0n) is 11.2. The summed E-state index contributed by atoms with van der Waals surface area (Å²) in [5, 5.41) is 0. The lowest BCUT2D eigenvalue weighted by Crippen LogP contribution is -2.38. The zero-order valence-corrected chi connectivity index (χ0v) is 12.0. The molecule has 0 aliphatic carbocycles. The van der Waals surface area contributed by atoms with Crippen LogP contribution in [0.5, 0.6) is 0 Å². The zero-order chi connectivity index (χ0) is 14.2. The fraction of sp³-hybridized carbons (Fsp3) is 0.500. The van der Waals surface area contributed by atoms with E-state index in [1.165, 1.54) is 6.07 Å². The van der Waals surface area contributed by atoms with Gasteiger partial charge in [0.25, 0.3) is 0 Å². The summed E-state index contributed by atoms with van der Waals surface area (Å²) >= 11 is 4.70. The molecule has 1 aliphatic rings. The molecule has 1 aliphatic heterocycles. The van der Waals surface area contributed by atoms with Crippen molar-refractivity contribution in [3.8, 4) is 0 Å². The Morgan fingerprint density at radius 3 is 2.32 bits per heavy atom. The number of nitrogens with two attached hydrogens (primary N) is 1. The Kier molecular flexibility index (Phi) is 3.76. The highest BCUT2D eigenvalue weighted by Crippen LogP contribution is 2.34. The van der Waals surface area contributed by atoms with Gasteiger partial charge in [-0.1, -0.05) is 26.1 Å². The summed E-state index contributed by atoms with van der Waals surface area (Å²) in [4.78, 5) is 1.76. The predicted octanol–water partition coefficient (Wildman–Crippen LogP) is 3.23. The summed E-state index contributed by atoms with van der Waals surface area (Å²) in [7, 11) is 0. The minimum absolute atomic E-state index is 0.0337. The van der Waals surface area contributed by atoms with E-state index in [0.29, 0.717) is 5.69 Å². The van der Waals surface area contributed by atoms with E-state index in [1.807, 2.05) is 4.90 Å². The minimum atomic E-state index is -0.949. The minimum Gasteiger partial charge on any atom is -0.389 e. The Labute approximate surface area is 117 Å². The molecule has 104 valence electrons. The van der Waals surface area contributed by atoms with Gasteiger partial charge in [-0.25, -0.2) is 8.78 Å². The van der Waals surface area contributed by atoms with Crippen molar-refractivity contribution in [2.75, 3.05) is 18.0 Å². The number of hydrogen-bond donors (Lipinski definition) is 1. The maximum atomic E-state index is 14.1. The van der Waals surface area contributed by atoms with Crippen molar-refractivity contribution in [2.45, 2.75) is 26.7 Å². The third-order valence-corrected chi connectivity index (χ3v) is 4.00. The SMILES string of the molecule is CC1(C)CCN(c2ccc(C(N)=S)c(F)c2F)CC1. The van der Waals surface area contributed by atoms with Gasteiger partial charge in [0.15, 0.2) is 11.6 Å². The second kappa shape index (κ2) is 5.04. The highest BCUT2D eigenvalue weighted by molar-refractivity contribution is 7.80. The van der Waals surface area contributed by atoms with Gasteiger partial charge in [-0.05, 0) is 30.4 Å². The van der Waals surface area contributed by atoms with E-state index in [1.54, 1.807) is 6.07 Å². The maximum Gasteiger partial charge on any atom is 0.182 e. The topological polar surface area (TPSA) is 29.3 Å². The van der Waals surface area contributed by atoms with E-state index in [-0.39, 0.29) is 16.0 Å². The molecule has 0 unspecified atom stereocenters. The first-order valence-electron chi connectivity index (χ1n) is 6.34. The van der Waals surface area contributed by atoms with Crippen LogP contribution in [0.4, 0.5) is 14.5 Å². The van der Waals surface area contributed by atoms with Gasteiger partial charge < -0.3 is 10.6 Å². The fourth-order valence-corrected chi connectivity index (χ4v) is 2.48. The van der Waals surface area contributed by atoms with Gasteiger partial charge in [-0.2, -0.15) is 0 Å². The van der Waals surface area contributed by atoms with Crippen LogP contribution >= 0.6 is 12.2 Å². The number of thiocarbonyl (C=S) groups is 1. The molecule has 0 amide bonds. The molecule has 2 nitrogen and oxygen atoms in total. The molecule has 0 spiro atoms. The molecule has 0 aromatic heterocycles. The Morgan fingerprint density at radius 2 is 1.79 bits per heavy atom. The van der Waals surface area contributed by atoms with Crippen molar-refractivity contribution in [3.05, 3.63) is 29.3 Å². The van der Waals surface area contributed by atoms with Crippen LogP contribution in [0.15, 0.2) is 12.1 Å². The molecule has 2 rings (SSSR count). The van der Waals surface area contributed by atoms with E-state index in [2.05, 4.69) is 13.8 Å². The predicted molar refractivity (Wildman–Crippen MR) is 77.5 cm³/mol. The lowest BCUT2D eigenvalue weighted by atomic mass is 9.82. The van der Waals surface area contributed by atoms with E-state index in [9.17, 15) is 8.78 Å². The molecule has 1 heterocycles. The van der Waals surface area contributed by atoms with Gasteiger partial charge in [-0.15, -0.1) is 0 Å². The summed E-state index contributed by atoms with van der Waals surface area (Å²) in [6.45, 7) is 5.85. The first kappa shape index (κ1) is 14.2. The summed E-state index contributed by atoms with van der Waals surface area (Å²) < 4.78 is 27.9. The molecule has 0 bridgehead atoms. The lowest BCUT2D eigenvalue weighted by molar-refractivity contribution is 0.278. The Bertz CT molecular complexity index is 504. The third-order valence-electron chi connectivity index (χ3n) is 3.79. The molecular formula is C14H18F2N2S. The van der Waals surface area contributed by atoms with Crippen molar-refractivity contribution in [3.63, 3.8) is 0 Å². The second-order valence-electron chi connectivity index (χ2n) is 5.78. The Balaban J connectivity index is 2.27. The lowest BCUT2D eigenvalue weighted by Gasteiger charge is -2.38. The van der Waals surface area contributed by atoms with Gasteiger partial charge in [-0.3, -0.25) is 0 Å². The van der Waals surface area contributed by atoms with Gasteiger partial charge in [0.1, 0.15) is 4.99 Å². The van der Waals surface area contributed by atoms with E-state index < -0.39 is 11.6 Å². The van der Waals surface area contributed by atoms with Crippen LogP contribution in [0.1, 0.15) is 32.3 Å². The van der Waals surface area contributed by atoms with Crippen LogP contribution < -0.4 is 10.6 Å². The first-order chi connectivity index (χ1) is 8.82. The molecule has 19 heavy (non-hydrogen) atoms. The monoisotopic (exact) mass is 284 g/mol. The number of hydrogen-bond acceptors (Lipinski definition) is 2. The number of anilines is 1. The van der Waals surface area contributed by atoms with Crippen LogP contribution in [0.2, 0.25) is 0 Å². The highest BCUT2D eigenvalue weighted by Gasteiger charge is 2.27. The molecular weight excluding hydrogens is 266 g/mol. The van der Waals surface area contributed by atoms with Crippen molar-refractivity contribution in [1.82, 2.24) is 0 Å². The number of nitrogens with zero attached hydrogens (tertiary/aromatic N) is 1. The van der Waals surface area contributed by atoms with Crippen LogP contribution in [-0.4, -0.2) is 18.1 Å². The largest absolute Gasteiger partial charge is 0.389 e. The standard InChI is InChI=1S/C14H18F2N2S/c1-14(2)5-7-18(8-6-14)10-4-3-9(13(17)19)11(15)12(10)16/h3-4H,5-8H2,1-2H3,(H2,17,19). The van der Waals surface area contributed by atoms with Gasteiger partial charge in [0.2, 0.25) is 0 Å². The van der Waals surface area contributed by atoms with Crippen LogP contribution in [0.25, 0.3) is 0 Å². The summed E-state index contributed by atoms with van der Waals surface area (Å²) in [6.07, 6.45) is 1.93. The molecule has 0 saturated carbocycles. The molecule has 1 aromatic rings. The van der Waals surface area contributed by atoms with E-state index in [0.717, 1.165) is 25.9 Å². The highest BCUT2D eigenvalue weighted by atomic mass is 32.1. The number of benzene rings is 1. The van der Waals surface area contributed by atoms with Crippen molar-refractivity contribution in [1.29, 1.82) is 0 Å².